The zero-order valence-corrected chi connectivity index (χ0v) is 12.8. The summed E-state index contributed by atoms with van der Waals surface area (Å²) in [5, 5.41) is 1.09. The molecule has 0 amide bonds. The van der Waals surface area contributed by atoms with Crippen LogP contribution in [0.5, 0.6) is 0 Å². The Morgan fingerprint density at radius 2 is 1.67 bits per heavy atom. The van der Waals surface area contributed by atoms with Crippen LogP contribution in [-0.2, 0) is 0 Å². The van der Waals surface area contributed by atoms with E-state index in [-0.39, 0.29) is 0 Å². The quantitative estimate of drug-likeness (QED) is 0.642. The Labute approximate surface area is 128 Å². The second-order valence-corrected chi connectivity index (χ2v) is 6.37. The van der Waals surface area contributed by atoms with Crippen LogP contribution < -0.4 is 0 Å². The highest BCUT2D eigenvalue weighted by molar-refractivity contribution is 7.11. The number of rotatable bonds is 3. The molecule has 104 valence electrons. The van der Waals surface area contributed by atoms with Crippen molar-refractivity contribution in [3.8, 4) is 22.4 Å². The third-order valence-corrected chi connectivity index (χ3v) is 4.30. The largest absolute Gasteiger partial charge is 0.298 e. The summed E-state index contributed by atoms with van der Waals surface area (Å²) in [6, 6.07) is 16.0. The predicted octanol–water partition coefficient (Wildman–Crippen LogP) is 4.91. The number of nitrogens with zero attached hydrogens (tertiary/aromatic N) is 1. The molecule has 0 saturated carbocycles. The number of aromatic nitrogens is 1. The Morgan fingerprint density at radius 1 is 0.952 bits per heavy atom. The smallest absolute Gasteiger partial charge is 0.150 e. The summed E-state index contributed by atoms with van der Waals surface area (Å²) in [6.45, 7) is 4.13. The van der Waals surface area contributed by atoms with Gasteiger partial charge in [0.05, 0.1) is 10.7 Å². The van der Waals surface area contributed by atoms with Gasteiger partial charge in [-0.05, 0) is 31.0 Å². The third-order valence-electron chi connectivity index (χ3n) is 3.42. The number of carbonyl (C=O) groups is 1. The highest BCUT2D eigenvalue weighted by Crippen LogP contribution is 2.29. The van der Waals surface area contributed by atoms with Gasteiger partial charge in [0.25, 0.3) is 0 Å². The second kappa shape index (κ2) is 5.62. The molecule has 0 aliphatic heterocycles. The molecule has 0 saturated heterocycles. The molecule has 0 aliphatic rings. The van der Waals surface area contributed by atoms with E-state index in [0.29, 0.717) is 5.56 Å². The molecule has 1 aromatic heterocycles. The molecule has 0 spiro atoms. The molecule has 0 fully saturated rings. The van der Waals surface area contributed by atoms with Crippen LogP contribution in [0.15, 0.2) is 48.5 Å². The van der Waals surface area contributed by atoms with Gasteiger partial charge in [-0.25, -0.2) is 4.98 Å². The summed E-state index contributed by atoms with van der Waals surface area (Å²) in [4.78, 5) is 16.7. The van der Waals surface area contributed by atoms with Crippen molar-refractivity contribution in [2.75, 3.05) is 0 Å². The lowest BCUT2D eigenvalue weighted by molar-refractivity contribution is 0.112. The number of hydrogen-bond donors (Lipinski definition) is 0. The Morgan fingerprint density at radius 3 is 2.29 bits per heavy atom. The number of aldehydes is 1. The van der Waals surface area contributed by atoms with Crippen molar-refractivity contribution in [1.29, 1.82) is 0 Å². The van der Waals surface area contributed by atoms with Crippen molar-refractivity contribution in [2.45, 2.75) is 13.8 Å². The van der Waals surface area contributed by atoms with Crippen molar-refractivity contribution in [2.24, 2.45) is 0 Å². The van der Waals surface area contributed by atoms with Crippen LogP contribution in [0.4, 0.5) is 0 Å². The van der Waals surface area contributed by atoms with E-state index in [4.69, 9.17) is 0 Å². The zero-order valence-electron chi connectivity index (χ0n) is 12.0. The van der Waals surface area contributed by atoms with Crippen LogP contribution in [0.1, 0.15) is 20.2 Å². The summed E-state index contributed by atoms with van der Waals surface area (Å²) < 4.78 is 0. The molecule has 3 heteroatoms. The first-order valence-corrected chi connectivity index (χ1v) is 7.59. The number of thiazole rings is 1. The van der Waals surface area contributed by atoms with E-state index >= 15 is 0 Å². The maximum atomic E-state index is 10.9. The molecule has 0 atom stereocenters. The van der Waals surface area contributed by atoms with Gasteiger partial charge < -0.3 is 0 Å². The Hall–Kier alpha value is -2.26. The maximum Gasteiger partial charge on any atom is 0.150 e. The lowest BCUT2D eigenvalue weighted by Crippen LogP contribution is -1.84. The highest BCUT2D eigenvalue weighted by Gasteiger charge is 2.07. The van der Waals surface area contributed by atoms with Crippen LogP contribution in [0.3, 0.4) is 0 Å². The molecule has 3 rings (SSSR count). The minimum Gasteiger partial charge on any atom is -0.298 e. The standard InChI is InChI=1S/C18H15NOS/c1-12-18(19-13(2)21-12)16-8-6-15(7-9-16)17-5-3-4-14(10-17)11-20/h3-11H,1-2H3. The van der Waals surface area contributed by atoms with E-state index in [0.717, 1.165) is 33.7 Å². The van der Waals surface area contributed by atoms with Gasteiger partial charge in [-0.3, -0.25) is 4.79 Å². The van der Waals surface area contributed by atoms with E-state index in [2.05, 4.69) is 36.2 Å². The summed E-state index contributed by atoms with van der Waals surface area (Å²) in [5.41, 5.74) is 5.05. The summed E-state index contributed by atoms with van der Waals surface area (Å²) in [7, 11) is 0. The topological polar surface area (TPSA) is 30.0 Å². The molecule has 1 heterocycles. The van der Waals surface area contributed by atoms with Crippen molar-refractivity contribution < 1.29 is 4.79 Å². The molecule has 3 aromatic rings. The van der Waals surface area contributed by atoms with Gasteiger partial charge in [0, 0.05) is 16.0 Å². The van der Waals surface area contributed by atoms with Gasteiger partial charge in [-0.15, -0.1) is 11.3 Å². The first kappa shape index (κ1) is 13.7. The second-order valence-electron chi connectivity index (χ2n) is 4.96. The third kappa shape index (κ3) is 2.78. The van der Waals surface area contributed by atoms with Crippen molar-refractivity contribution >= 4 is 17.6 Å². The van der Waals surface area contributed by atoms with Gasteiger partial charge in [-0.2, -0.15) is 0 Å². The average Bonchev–Trinajstić information content (AvgIpc) is 2.86. The lowest BCUT2D eigenvalue weighted by atomic mass is 10.0. The summed E-state index contributed by atoms with van der Waals surface area (Å²) >= 11 is 1.72. The van der Waals surface area contributed by atoms with Crippen LogP contribution in [0.25, 0.3) is 22.4 Å². The molecule has 0 aliphatic carbocycles. The Balaban J connectivity index is 1.97. The van der Waals surface area contributed by atoms with Crippen LogP contribution >= 0.6 is 11.3 Å². The molecule has 2 aromatic carbocycles. The molecular formula is C18H15NOS. The zero-order chi connectivity index (χ0) is 14.8. The molecule has 0 unspecified atom stereocenters. The van der Waals surface area contributed by atoms with E-state index in [1.807, 2.05) is 31.2 Å². The van der Waals surface area contributed by atoms with Gasteiger partial charge in [-0.1, -0.05) is 42.5 Å². The van der Waals surface area contributed by atoms with Gasteiger partial charge >= 0.3 is 0 Å². The first-order chi connectivity index (χ1) is 10.2. The molecule has 21 heavy (non-hydrogen) atoms. The van der Waals surface area contributed by atoms with E-state index in [9.17, 15) is 4.79 Å². The van der Waals surface area contributed by atoms with Crippen LogP contribution in [-0.4, -0.2) is 11.3 Å². The van der Waals surface area contributed by atoms with E-state index in [1.54, 1.807) is 11.3 Å². The van der Waals surface area contributed by atoms with Crippen molar-refractivity contribution in [3.05, 3.63) is 64.0 Å². The minimum absolute atomic E-state index is 0.697. The number of aryl methyl sites for hydroxylation is 2. The highest BCUT2D eigenvalue weighted by atomic mass is 32.1. The summed E-state index contributed by atoms with van der Waals surface area (Å²) in [6.07, 6.45) is 0.874. The fraction of sp³-hybridized carbons (Fsp3) is 0.111. The van der Waals surface area contributed by atoms with E-state index in [1.165, 1.54) is 4.88 Å². The molecule has 0 bridgehead atoms. The maximum absolute atomic E-state index is 10.9. The predicted molar refractivity (Wildman–Crippen MR) is 87.8 cm³/mol. The number of carbonyl (C=O) groups excluding carboxylic acids is 1. The molecule has 0 radical (unpaired) electrons. The van der Waals surface area contributed by atoms with E-state index < -0.39 is 0 Å². The molecular weight excluding hydrogens is 278 g/mol. The van der Waals surface area contributed by atoms with Crippen LogP contribution in [0.2, 0.25) is 0 Å². The summed E-state index contributed by atoms with van der Waals surface area (Å²) in [5.74, 6) is 0. The minimum atomic E-state index is 0.697. The average molecular weight is 293 g/mol. The molecule has 2 nitrogen and oxygen atoms in total. The monoisotopic (exact) mass is 293 g/mol. The normalized spacial score (nSPS) is 10.6. The lowest BCUT2D eigenvalue weighted by Gasteiger charge is -2.04. The van der Waals surface area contributed by atoms with Crippen molar-refractivity contribution in [3.63, 3.8) is 0 Å². The Bertz CT molecular complexity index is 787. The Kier molecular flexibility index (Phi) is 3.67. The fourth-order valence-corrected chi connectivity index (χ4v) is 3.25. The number of benzene rings is 2. The first-order valence-electron chi connectivity index (χ1n) is 6.77. The van der Waals surface area contributed by atoms with Gasteiger partial charge in [0.15, 0.2) is 0 Å². The van der Waals surface area contributed by atoms with Crippen molar-refractivity contribution in [1.82, 2.24) is 4.98 Å². The molecule has 0 N–H and O–H groups in total. The fourth-order valence-electron chi connectivity index (χ4n) is 2.41. The van der Waals surface area contributed by atoms with Crippen LogP contribution in [0, 0.1) is 13.8 Å². The van der Waals surface area contributed by atoms with Gasteiger partial charge in [0.1, 0.15) is 6.29 Å². The number of hydrogen-bond acceptors (Lipinski definition) is 3. The SMILES string of the molecule is Cc1nc(-c2ccc(-c3cccc(C=O)c3)cc2)c(C)s1. The van der Waals surface area contributed by atoms with Gasteiger partial charge in [0.2, 0.25) is 0 Å².